The Morgan fingerprint density at radius 3 is 2.21 bits per heavy atom. The first kappa shape index (κ1) is 57.4. The number of aliphatic hydroxyl groups is 2. The monoisotopic (exact) mass is 972 g/mol. The van der Waals surface area contributed by atoms with Gasteiger partial charge in [-0.3, -0.25) is 19.2 Å². The predicted octanol–water partition coefficient (Wildman–Crippen LogP) is 7.65. The van der Waals surface area contributed by atoms with Crippen molar-refractivity contribution in [3.05, 3.63) is 47.6 Å². The minimum atomic E-state index is -2.42. The Morgan fingerprint density at radius 1 is 0.853 bits per heavy atom. The van der Waals surface area contributed by atoms with E-state index in [2.05, 4.69) is 6.92 Å². The van der Waals surface area contributed by atoms with Crippen molar-refractivity contribution in [3.63, 3.8) is 0 Å². The first-order valence-electron chi connectivity index (χ1n) is 25.1. The number of Topliss-reactive ketones (excluding diaryl/α,β-unsaturated/α-hetero) is 3. The van der Waals surface area contributed by atoms with Gasteiger partial charge in [-0.1, -0.05) is 71.1 Å². The van der Waals surface area contributed by atoms with Crippen molar-refractivity contribution in [1.29, 1.82) is 0 Å². The van der Waals surface area contributed by atoms with Gasteiger partial charge < -0.3 is 43.2 Å². The molecule has 3 heterocycles. The summed E-state index contributed by atoms with van der Waals surface area (Å²) < 4.78 is 36.5. The second kappa shape index (κ2) is 25.8. The molecule has 1 amide bonds. The highest BCUT2D eigenvalue weighted by Gasteiger charge is 2.53. The number of ketones is 3. The minimum Gasteiger partial charge on any atom is -0.460 e. The maximum absolute atomic E-state index is 14.4. The molecule has 68 heavy (non-hydrogen) atoms. The van der Waals surface area contributed by atoms with Crippen molar-refractivity contribution in [2.24, 2.45) is 35.5 Å². The van der Waals surface area contributed by atoms with E-state index in [0.717, 1.165) is 12.0 Å². The number of allylic oxidation sites excluding steroid dienone is 6. The van der Waals surface area contributed by atoms with Crippen molar-refractivity contribution in [1.82, 2.24) is 4.90 Å². The highest BCUT2D eigenvalue weighted by molar-refractivity contribution is 6.69. The second-order valence-electron chi connectivity index (χ2n) is 21.4. The fourth-order valence-corrected chi connectivity index (χ4v) is 11.5. The molecule has 0 aromatic heterocycles. The van der Waals surface area contributed by atoms with Gasteiger partial charge in [0.1, 0.15) is 24.0 Å². The summed E-state index contributed by atoms with van der Waals surface area (Å²) in [5.41, 5.74) is 1.58. The van der Waals surface area contributed by atoms with Crippen LogP contribution in [0.2, 0.25) is 19.6 Å². The molecule has 2 saturated heterocycles. The smallest absolute Gasteiger partial charge is 0.329 e. The zero-order valence-electron chi connectivity index (χ0n) is 43.4. The highest BCUT2D eigenvalue weighted by Crippen LogP contribution is 2.38. The number of rotatable bonds is 8. The molecule has 0 radical (unpaired) electrons. The first-order chi connectivity index (χ1) is 31.9. The lowest BCUT2D eigenvalue weighted by atomic mass is 9.78. The van der Waals surface area contributed by atoms with Gasteiger partial charge in [0, 0.05) is 58.5 Å². The molecular formula is C53H85NO13Si. The van der Waals surface area contributed by atoms with E-state index >= 15 is 0 Å². The average Bonchev–Trinajstić information content (AvgIpc) is 3.78. The number of hydrogen-bond acceptors (Lipinski definition) is 13. The zero-order valence-corrected chi connectivity index (χ0v) is 44.4. The van der Waals surface area contributed by atoms with Gasteiger partial charge in [-0.25, -0.2) is 4.79 Å². The van der Waals surface area contributed by atoms with Crippen LogP contribution in [-0.4, -0.2) is 135 Å². The Bertz CT molecular complexity index is 1860. The largest absolute Gasteiger partial charge is 0.460 e. The molecule has 14 nitrogen and oxygen atoms in total. The van der Waals surface area contributed by atoms with E-state index in [1.807, 2.05) is 83.8 Å². The van der Waals surface area contributed by atoms with Crippen molar-refractivity contribution in [2.75, 3.05) is 27.9 Å². The molecule has 15 heteroatoms. The van der Waals surface area contributed by atoms with Crippen LogP contribution >= 0.6 is 0 Å². The molecule has 15 atom stereocenters. The third-order valence-electron chi connectivity index (χ3n) is 14.7. The van der Waals surface area contributed by atoms with E-state index in [9.17, 15) is 34.2 Å². The molecule has 0 unspecified atom stereocenters. The van der Waals surface area contributed by atoms with Gasteiger partial charge in [0.05, 0.1) is 30.5 Å². The summed E-state index contributed by atoms with van der Waals surface area (Å²) in [5, 5.41) is 22.5. The Hall–Kier alpha value is -3.15. The number of aliphatic hydroxyl groups excluding tert-OH is 1. The molecule has 3 fully saturated rings. The van der Waals surface area contributed by atoms with Gasteiger partial charge in [0.25, 0.3) is 11.7 Å². The lowest BCUT2D eigenvalue weighted by Gasteiger charge is -2.41. The summed E-state index contributed by atoms with van der Waals surface area (Å²) in [5.74, 6) is -7.43. The van der Waals surface area contributed by atoms with Crippen LogP contribution in [0.5, 0.6) is 0 Å². The Labute approximate surface area is 407 Å². The number of carbonyl (C=O) groups excluding carboxylic acids is 5. The third kappa shape index (κ3) is 15.4. The van der Waals surface area contributed by atoms with Gasteiger partial charge in [-0.15, -0.1) is 0 Å². The van der Waals surface area contributed by atoms with Gasteiger partial charge in [-0.05, 0) is 120 Å². The standard InChI is InChI=1S/C53H85NO13Si/c1-32-18-15-14-16-19-33(2)44(62-8)30-40-23-21-38(7)53(61,66-40)50(58)51(59)54-25-17-20-41(54)52(60)65-45(35(4)28-39-22-24-42(55)46(29-39)63-9)31-43(56)34(3)27-37(6)48(67-68(11,12)13)49(64-10)47(57)36(5)26-32/h14-16,18-19,27,32,34-36,38-42,44-46,48-49,55,61H,17,20-26,28-31H2,1-13H3/b16-14+,18-15+,33-19+,37-27+/t32-,34-,35-,36-,38-,39+,40+,41+,42-,44+,45+,46-,48-,49+,53-/m1/s1. The molecule has 4 aliphatic rings. The molecule has 4 rings (SSSR count). The van der Waals surface area contributed by atoms with Crippen molar-refractivity contribution >= 4 is 37.5 Å². The SMILES string of the molecule is CO[C@H]1C[C@@H]2CC[C@@H](C)[C@@](O)(O2)C(=O)C(=O)N2CCC[C@H]2C(=O)O[C@H]([C@H](C)C[C@@H]2CC[C@@H](O)[C@H](OC)C2)CC(=O)[C@H](C)/C=C(\C)[C@@H](O[Si](C)(C)C)[C@@H](OC)C(=O)[C@H](C)C[C@H](C)/C=C/C=C/C=C/1C. The van der Waals surface area contributed by atoms with Crippen LogP contribution in [0, 0.1) is 35.5 Å². The first-order valence-corrected chi connectivity index (χ1v) is 28.5. The van der Waals surface area contributed by atoms with E-state index in [1.165, 1.54) is 12.0 Å². The molecule has 0 aromatic carbocycles. The number of carbonyl (C=O) groups is 5. The summed E-state index contributed by atoms with van der Waals surface area (Å²) >= 11 is 0. The van der Waals surface area contributed by atoms with Crippen molar-refractivity contribution in [2.45, 2.75) is 193 Å². The van der Waals surface area contributed by atoms with E-state index < -0.39 is 86.3 Å². The number of esters is 1. The summed E-state index contributed by atoms with van der Waals surface area (Å²) in [4.78, 5) is 72.5. The molecule has 1 aliphatic carbocycles. The fraction of sp³-hybridized carbons (Fsp3) is 0.755. The molecule has 2 N–H and O–H groups in total. The normalized spacial score (nSPS) is 39.2. The maximum Gasteiger partial charge on any atom is 0.329 e. The van der Waals surface area contributed by atoms with E-state index in [1.54, 1.807) is 28.1 Å². The number of methoxy groups -OCH3 is 3. The maximum atomic E-state index is 14.4. The Balaban J connectivity index is 1.74. The van der Waals surface area contributed by atoms with Crippen LogP contribution in [0.1, 0.15) is 119 Å². The topological polar surface area (TPSA) is 184 Å². The van der Waals surface area contributed by atoms with Gasteiger partial charge in [-0.2, -0.15) is 0 Å². The summed E-state index contributed by atoms with van der Waals surface area (Å²) in [6.07, 6.45) is 12.0. The second-order valence-corrected chi connectivity index (χ2v) is 25.9. The summed E-state index contributed by atoms with van der Waals surface area (Å²) in [7, 11) is 2.40. The molecular weight excluding hydrogens is 887 g/mol. The molecule has 1 saturated carbocycles. The van der Waals surface area contributed by atoms with Crippen molar-refractivity contribution in [3.8, 4) is 0 Å². The van der Waals surface area contributed by atoms with Gasteiger partial charge in [0.2, 0.25) is 5.79 Å². The van der Waals surface area contributed by atoms with E-state index in [-0.39, 0.29) is 60.7 Å². The number of amides is 1. The Morgan fingerprint density at radius 2 is 1.56 bits per heavy atom. The van der Waals surface area contributed by atoms with E-state index in [0.29, 0.717) is 56.9 Å². The van der Waals surface area contributed by atoms with Crippen molar-refractivity contribution < 1.29 is 62.3 Å². The predicted molar refractivity (Wildman–Crippen MR) is 263 cm³/mol. The fourth-order valence-electron chi connectivity index (χ4n) is 10.5. The molecule has 2 bridgehead atoms. The number of fused-ring (bicyclic) bond motifs is 3. The van der Waals surface area contributed by atoms with Crippen LogP contribution in [0.15, 0.2) is 47.6 Å². The molecule has 384 valence electrons. The van der Waals surface area contributed by atoms with Crippen LogP contribution in [0.4, 0.5) is 0 Å². The van der Waals surface area contributed by atoms with Crippen LogP contribution in [0.3, 0.4) is 0 Å². The number of ether oxygens (including phenoxy) is 5. The van der Waals surface area contributed by atoms with Crippen LogP contribution in [0.25, 0.3) is 0 Å². The number of cyclic esters (lactones) is 1. The Kier molecular flexibility index (Phi) is 21.8. The molecule has 0 spiro atoms. The lowest BCUT2D eigenvalue weighted by Crippen LogP contribution is -2.59. The molecule has 0 aromatic rings. The average molecular weight is 972 g/mol. The minimum absolute atomic E-state index is 0.0562. The summed E-state index contributed by atoms with van der Waals surface area (Å²) in [6, 6.07) is -1.12. The third-order valence-corrected chi connectivity index (χ3v) is 15.6. The molecule has 3 aliphatic heterocycles. The van der Waals surface area contributed by atoms with Crippen LogP contribution < -0.4 is 0 Å². The van der Waals surface area contributed by atoms with Gasteiger partial charge in [0.15, 0.2) is 14.1 Å². The summed E-state index contributed by atoms with van der Waals surface area (Å²) in [6.45, 7) is 19.4. The van der Waals surface area contributed by atoms with E-state index in [4.69, 9.17) is 28.1 Å². The highest BCUT2D eigenvalue weighted by atomic mass is 28.4. The lowest BCUT2D eigenvalue weighted by molar-refractivity contribution is -0.265. The van der Waals surface area contributed by atoms with Gasteiger partial charge >= 0.3 is 5.97 Å². The van der Waals surface area contributed by atoms with Crippen LogP contribution in [-0.2, 0) is 52.1 Å². The quantitative estimate of drug-likeness (QED) is 0.105. The number of nitrogens with zero attached hydrogens (tertiary/aromatic N) is 1. The number of hydrogen-bond donors (Lipinski definition) is 2. The zero-order chi connectivity index (χ0) is 50.7.